The average Bonchev–Trinajstić information content (AvgIpc) is 3.55. The van der Waals surface area contributed by atoms with E-state index >= 15 is 0 Å². The standard InChI is InChI=1S/C26H24N4O3/c31-25(27-20-10-3-1-4-11-20)19-9-7-15-29(18-19)26(32)23-17-22(24-14-8-16-33-24)28-30(23)21-12-5-2-6-13-21/h1-6,8,10-14,16-17,19H,7,9,15,18H2,(H,27,31). The molecule has 2 aromatic heterocycles. The van der Waals surface area contributed by atoms with Crippen LogP contribution in [-0.4, -0.2) is 39.6 Å². The molecule has 7 heteroatoms. The highest BCUT2D eigenvalue weighted by molar-refractivity contribution is 5.96. The highest BCUT2D eigenvalue weighted by Crippen LogP contribution is 2.25. The summed E-state index contributed by atoms with van der Waals surface area (Å²) in [5.74, 6) is 0.117. The summed E-state index contributed by atoms with van der Waals surface area (Å²) < 4.78 is 7.15. The van der Waals surface area contributed by atoms with Crippen LogP contribution in [0.5, 0.6) is 0 Å². The molecular formula is C26H24N4O3. The van der Waals surface area contributed by atoms with Crippen molar-refractivity contribution < 1.29 is 14.0 Å². The maximum absolute atomic E-state index is 13.6. The maximum Gasteiger partial charge on any atom is 0.272 e. The normalized spacial score (nSPS) is 15.9. The van der Waals surface area contributed by atoms with Crippen molar-refractivity contribution in [3.8, 4) is 17.1 Å². The summed E-state index contributed by atoms with van der Waals surface area (Å²) in [7, 11) is 0. The summed E-state index contributed by atoms with van der Waals surface area (Å²) in [6, 6.07) is 24.3. The topological polar surface area (TPSA) is 80.4 Å². The van der Waals surface area contributed by atoms with Crippen molar-refractivity contribution in [1.29, 1.82) is 0 Å². The van der Waals surface area contributed by atoms with E-state index in [0.29, 0.717) is 30.2 Å². The second-order valence-electron chi connectivity index (χ2n) is 8.09. The number of furan rings is 1. The van der Waals surface area contributed by atoms with Gasteiger partial charge in [0.25, 0.3) is 5.91 Å². The predicted octanol–water partition coefficient (Wildman–Crippen LogP) is 4.62. The fourth-order valence-electron chi connectivity index (χ4n) is 4.15. The van der Waals surface area contributed by atoms with Crippen LogP contribution in [-0.2, 0) is 4.79 Å². The zero-order valence-corrected chi connectivity index (χ0v) is 18.1. The number of rotatable bonds is 5. The van der Waals surface area contributed by atoms with Crippen molar-refractivity contribution in [2.24, 2.45) is 5.92 Å². The van der Waals surface area contributed by atoms with Crippen LogP contribution in [0.25, 0.3) is 17.1 Å². The molecule has 1 aliphatic heterocycles. The molecule has 2 amide bonds. The zero-order valence-electron chi connectivity index (χ0n) is 18.1. The van der Waals surface area contributed by atoms with Crippen LogP contribution >= 0.6 is 0 Å². The Morgan fingerprint density at radius 2 is 1.73 bits per heavy atom. The maximum atomic E-state index is 13.6. The molecule has 1 saturated heterocycles. The van der Waals surface area contributed by atoms with Crippen molar-refractivity contribution >= 4 is 17.5 Å². The lowest BCUT2D eigenvalue weighted by Gasteiger charge is -2.32. The van der Waals surface area contributed by atoms with Gasteiger partial charge in [0.05, 0.1) is 17.9 Å². The van der Waals surface area contributed by atoms with Gasteiger partial charge in [-0.05, 0) is 49.2 Å². The average molecular weight is 441 g/mol. The van der Waals surface area contributed by atoms with Crippen molar-refractivity contribution in [3.05, 3.63) is 90.8 Å². The Hall–Kier alpha value is -4.13. The van der Waals surface area contributed by atoms with Crippen LogP contribution in [0.3, 0.4) is 0 Å². The first-order valence-electron chi connectivity index (χ1n) is 11.0. The van der Waals surface area contributed by atoms with Crippen molar-refractivity contribution in [3.63, 3.8) is 0 Å². The van der Waals surface area contributed by atoms with Crippen LogP contribution in [0.4, 0.5) is 5.69 Å². The van der Waals surface area contributed by atoms with Crippen LogP contribution in [0.2, 0.25) is 0 Å². The molecule has 1 fully saturated rings. The van der Waals surface area contributed by atoms with Gasteiger partial charge in [0.2, 0.25) is 5.91 Å². The van der Waals surface area contributed by atoms with E-state index in [1.165, 1.54) is 0 Å². The second kappa shape index (κ2) is 9.16. The number of benzene rings is 2. The molecule has 0 radical (unpaired) electrons. The minimum Gasteiger partial charge on any atom is -0.463 e. The molecule has 1 N–H and O–H groups in total. The fourth-order valence-corrected chi connectivity index (χ4v) is 4.15. The first-order chi connectivity index (χ1) is 16.2. The first kappa shape index (κ1) is 20.8. The molecule has 1 unspecified atom stereocenters. The summed E-state index contributed by atoms with van der Waals surface area (Å²) in [5, 5.41) is 7.61. The number of nitrogens with one attached hydrogen (secondary N) is 1. The summed E-state index contributed by atoms with van der Waals surface area (Å²) >= 11 is 0. The van der Waals surface area contributed by atoms with E-state index in [1.54, 1.807) is 28.0 Å². The Morgan fingerprint density at radius 3 is 2.45 bits per heavy atom. The highest BCUT2D eigenvalue weighted by atomic mass is 16.3. The second-order valence-corrected chi connectivity index (χ2v) is 8.09. The van der Waals surface area contributed by atoms with Crippen LogP contribution in [0.1, 0.15) is 23.3 Å². The Balaban J connectivity index is 1.40. The van der Waals surface area contributed by atoms with Gasteiger partial charge in [-0.1, -0.05) is 36.4 Å². The van der Waals surface area contributed by atoms with E-state index in [-0.39, 0.29) is 17.7 Å². The van der Waals surface area contributed by atoms with Gasteiger partial charge in [0.1, 0.15) is 11.4 Å². The van der Waals surface area contributed by atoms with Gasteiger partial charge in [0.15, 0.2) is 5.76 Å². The van der Waals surface area contributed by atoms with E-state index in [1.807, 2.05) is 66.7 Å². The summed E-state index contributed by atoms with van der Waals surface area (Å²) in [4.78, 5) is 28.2. The molecule has 0 saturated carbocycles. The van der Waals surface area contributed by atoms with Crippen molar-refractivity contribution in [1.82, 2.24) is 14.7 Å². The number of carbonyl (C=O) groups excluding carboxylic acids is 2. The van der Waals surface area contributed by atoms with Crippen molar-refractivity contribution in [2.45, 2.75) is 12.8 Å². The number of likely N-dealkylation sites (tertiary alicyclic amines) is 1. The SMILES string of the molecule is O=C(Nc1ccccc1)C1CCCN(C(=O)c2cc(-c3ccco3)nn2-c2ccccc2)C1. The van der Waals surface area contributed by atoms with Crippen LogP contribution in [0, 0.1) is 5.92 Å². The summed E-state index contributed by atoms with van der Waals surface area (Å²) in [5.41, 5.74) is 2.57. The number of nitrogens with zero attached hydrogens (tertiary/aromatic N) is 3. The van der Waals surface area contributed by atoms with E-state index < -0.39 is 0 Å². The van der Waals surface area contributed by atoms with Crippen LogP contribution in [0.15, 0.2) is 89.5 Å². The number of amides is 2. The van der Waals surface area contributed by atoms with E-state index in [9.17, 15) is 9.59 Å². The lowest BCUT2D eigenvalue weighted by molar-refractivity contribution is -0.121. The molecular weight excluding hydrogens is 416 g/mol. The van der Waals surface area contributed by atoms with E-state index in [2.05, 4.69) is 10.4 Å². The minimum absolute atomic E-state index is 0.0634. The Labute approximate surface area is 191 Å². The number of hydrogen-bond acceptors (Lipinski definition) is 4. The van der Waals surface area contributed by atoms with Gasteiger partial charge in [-0.15, -0.1) is 0 Å². The van der Waals surface area contributed by atoms with E-state index in [4.69, 9.17) is 4.42 Å². The molecule has 166 valence electrons. The fraction of sp³-hybridized carbons (Fsp3) is 0.192. The van der Waals surface area contributed by atoms with Gasteiger partial charge >= 0.3 is 0 Å². The molecule has 0 aliphatic carbocycles. The molecule has 3 heterocycles. The Morgan fingerprint density at radius 1 is 0.970 bits per heavy atom. The molecule has 4 aromatic rings. The molecule has 5 rings (SSSR count). The van der Waals surface area contributed by atoms with Gasteiger partial charge in [-0.25, -0.2) is 4.68 Å². The molecule has 0 bridgehead atoms. The monoisotopic (exact) mass is 440 g/mol. The number of hydrogen-bond donors (Lipinski definition) is 1. The lowest BCUT2D eigenvalue weighted by atomic mass is 9.96. The summed E-state index contributed by atoms with van der Waals surface area (Å²) in [6.07, 6.45) is 3.10. The smallest absolute Gasteiger partial charge is 0.272 e. The Bertz CT molecular complexity index is 1230. The number of piperidine rings is 1. The van der Waals surface area contributed by atoms with Crippen molar-refractivity contribution in [2.75, 3.05) is 18.4 Å². The number of aromatic nitrogens is 2. The third-order valence-electron chi connectivity index (χ3n) is 5.82. The van der Waals surface area contributed by atoms with Gasteiger partial charge in [-0.3, -0.25) is 9.59 Å². The minimum atomic E-state index is -0.263. The number of carbonyl (C=O) groups is 2. The molecule has 7 nitrogen and oxygen atoms in total. The largest absolute Gasteiger partial charge is 0.463 e. The molecule has 33 heavy (non-hydrogen) atoms. The highest BCUT2D eigenvalue weighted by Gasteiger charge is 2.31. The quantitative estimate of drug-likeness (QED) is 0.491. The number of para-hydroxylation sites is 2. The van der Waals surface area contributed by atoms with Gasteiger partial charge in [0, 0.05) is 24.8 Å². The van der Waals surface area contributed by atoms with E-state index in [0.717, 1.165) is 24.2 Å². The molecule has 1 aliphatic rings. The zero-order chi connectivity index (χ0) is 22.6. The molecule has 0 spiro atoms. The third kappa shape index (κ3) is 4.43. The first-order valence-corrected chi connectivity index (χ1v) is 11.0. The Kier molecular flexibility index (Phi) is 5.76. The lowest BCUT2D eigenvalue weighted by Crippen LogP contribution is -2.44. The third-order valence-corrected chi connectivity index (χ3v) is 5.82. The van der Waals surface area contributed by atoms with Gasteiger partial charge < -0.3 is 14.6 Å². The molecule has 1 atom stereocenters. The van der Waals surface area contributed by atoms with Crippen LogP contribution < -0.4 is 5.32 Å². The molecule has 2 aromatic carbocycles. The summed E-state index contributed by atoms with van der Waals surface area (Å²) in [6.45, 7) is 0.970. The predicted molar refractivity (Wildman–Crippen MR) is 125 cm³/mol. The van der Waals surface area contributed by atoms with Gasteiger partial charge in [-0.2, -0.15) is 5.10 Å². The number of anilines is 1.